The number of methoxy groups -OCH3 is 1. The minimum atomic E-state index is -1.77. The molecule has 0 heterocycles. The molecule has 3 aliphatic rings. The molecule has 6 nitrogen and oxygen atoms in total. The standard InChI is InChI=1S/C23H33NO5/c1-22(2,3)29-21(26)24-19(20(25)27-4)17-5-7-18(8-6-17)28-15-23-12-9-16(10-13-23)11-14-23/h5-8,16,19H,9-15H2,1-4H3,(H,24,26)/i15D2. The van der Waals surface area contributed by atoms with Crippen molar-refractivity contribution in [2.45, 2.75) is 70.9 Å². The Morgan fingerprint density at radius 3 is 2.28 bits per heavy atom. The first-order valence-corrected chi connectivity index (χ1v) is 10.3. The van der Waals surface area contributed by atoms with Crippen molar-refractivity contribution in [3.63, 3.8) is 0 Å². The van der Waals surface area contributed by atoms with Crippen molar-refractivity contribution >= 4 is 12.1 Å². The van der Waals surface area contributed by atoms with E-state index in [0.29, 0.717) is 11.3 Å². The number of carbonyl (C=O) groups is 2. The number of alkyl carbamates (subject to hydrolysis) is 1. The quantitative estimate of drug-likeness (QED) is 0.690. The number of hydrogen-bond acceptors (Lipinski definition) is 5. The maximum Gasteiger partial charge on any atom is 0.408 e. The normalized spacial score (nSPS) is 26.0. The molecule has 2 bridgehead atoms. The largest absolute Gasteiger partial charge is 0.493 e. The molecule has 1 aromatic rings. The van der Waals surface area contributed by atoms with Crippen molar-refractivity contribution in [2.24, 2.45) is 11.3 Å². The average Bonchev–Trinajstić information content (AvgIpc) is 2.72. The summed E-state index contributed by atoms with van der Waals surface area (Å²) < 4.78 is 33.2. The van der Waals surface area contributed by atoms with E-state index >= 15 is 0 Å². The Morgan fingerprint density at radius 2 is 1.76 bits per heavy atom. The topological polar surface area (TPSA) is 73.9 Å². The predicted octanol–water partition coefficient (Wildman–Crippen LogP) is 4.77. The van der Waals surface area contributed by atoms with Crippen molar-refractivity contribution < 1.29 is 26.5 Å². The van der Waals surface area contributed by atoms with Crippen LogP contribution in [0.3, 0.4) is 0 Å². The van der Waals surface area contributed by atoms with Crippen LogP contribution in [0.4, 0.5) is 4.79 Å². The smallest absolute Gasteiger partial charge is 0.408 e. The molecule has 1 atom stereocenters. The van der Waals surface area contributed by atoms with Gasteiger partial charge in [0.05, 0.1) is 16.4 Å². The van der Waals surface area contributed by atoms with Gasteiger partial charge in [-0.25, -0.2) is 9.59 Å². The van der Waals surface area contributed by atoms with Crippen LogP contribution in [0, 0.1) is 11.3 Å². The molecule has 0 aromatic heterocycles. The second-order valence-electron chi connectivity index (χ2n) is 9.14. The van der Waals surface area contributed by atoms with E-state index in [-0.39, 0.29) is 0 Å². The highest BCUT2D eigenvalue weighted by Gasteiger charge is 2.40. The van der Waals surface area contributed by atoms with Crippen LogP contribution < -0.4 is 10.1 Å². The van der Waals surface area contributed by atoms with Gasteiger partial charge in [-0.15, -0.1) is 0 Å². The molecule has 1 unspecified atom stereocenters. The monoisotopic (exact) mass is 405 g/mol. The highest BCUT2D eigenvalue weighted by molar-refractivity contribution is 5.82. The van der Waals surface area contributed by atoms with Crippen LogP contribution in [0.5, 0.6) is 5.75 Å². The van der Waals surface area contributed by atoms with Gasteiger partial charge in [-0.1, -0.05) is 12.1 Å². The summed E-state index contributed by atoms with van der Waals surface area (Å²) in [4.78, 5) is 24.4. The second-order valence-corrected chi connectivity index (χ2v) is 9.14. The Bertz CT molecular complexity index is 781. The number of esters is 1. The highest BCUT2D eigenvalue weighted by Crippen LogP contribution is 2.50. The molecule has 3 saturated carbocycles. The molecule has 1 N–H and O–H groups in total. The molecule has 3 aliphatic carbocycles. The highest BCUT2D eigenvalue weighted by atomic mass is 16.6. The van der Waals surface area contributed by atoms with E-state index in [1.54, 1.807) is 45.0 Å². The van der Waals surface area contributed by atoms with Crippen molar-refractivity contribution in [1.82, 2.24) is 5.32 Å². The summed E-state index contributed by atoms with van der Waals surface area (Å²) in [5.74, 6) is 0.495. The van der Waals surface area contributed by atoms with E-state index in [2.05, 4.69) is 5.32 Å². The lowest BCUT2D eigenvalue weighted by atomic mass is 9.61. The van der Waals surface area contributed by atoms with Crippen LogP contribution in [-0.2, 0) is 14.3 Å². The van der Waals surface area contributed by atoms with Crippen LogP contribution in [0.15, 0.2) is 24.3 Å². The molecule has 6 heteroatoms. The predicted molar refractivity (Wildman–Crippen MR) is 110 cm³/mol. The minimum absolute atomic E-state index is 0.386. The average molecular weight is 406 g/mol. The number of amides is 1. The van der Waals surface area contributed by atoms with Crippen LogP contribution in [-0.4, -0.2) is 31.3 Å². The molecule has 0 spiro atoms. The molecule has 29 heavy (non-hydrogen) atoms. The molecule has 160 valence electrons. The van der Waals surface area contributed by atoms with Gasteiger partial charge in [0.25, 0.3) is 0 Å². The van der Waals surface area contributed by atoms with Gasteiger partial charge in [-0.3, -0.25) is 0 Å². The van der Waals surface area contributed by atoms with Crippen molar-refractivity contribution in [3.8, 4) is 5.75 Å². The van der Waals surface area contributed by atoms with E-state index in [1.165, 1.54) is 7.11 Å². The SMILES string of the molecule is [2H]C([2H])(Oc1ccc(C(NC(=O)OC(C)(C)C)C(=O)OC)cc1)C12CCC(CC1)CC2. The van der Waals surface area contributed by atoms with E-state index < -0.39 is 35.7 Å². The fourth-order valence-corrected chi connectivity index (χ4v) is 4.12. The molecular weight excluding hydrogens is 370 g/mol. The third kappa shape index (κ3) is 5.64. The Morgan fingerprint density at radius 1 is 1.17 bits per heavy atom. The van der Waals surface area contributed by atoms with Gasteiger partial charge in [-0.2, -0.15) is 0 Å². The Balaban J connectivity index is 1.72. The molecule has 3 fully saturated rings. The summed E-state index contributed by atoms with van der Waals surface area (Å²) in [6.45, 7) is 3.44. The molecule has 4 rings (SSSR count). The third-order valence-electron chi connectivity index (χ3n) is 5.79. The van der Waals surface area contributed by atoms with Gasteiger partial charge in [0.1, 0.15) is 11.4 Å². The first-order valence-electron chi connectivity index (χ1n) is 11.3. The minimum Gasteiger partial charge on any atom is -0.493 e. The summed E-state index contributed by atoms with van der Waals surface area (Å²) in [7, 11) is 1.25. The Kier molecular flexibility index (Phi) is 5.59. The first kappa shape index (κ1) is 18.8. The fraction of sp³-hybridized carbons (Fsp3) is 0.652. The zero-order valence-corrected chi connectivity index (χ0v) is 17.7. The molecule has 1 amide bonds. The van der Waals surface area contributed by atoms with Gasteiger partial charge in [0.15, 0.2) is 6.04 Å². The fourth-order valence-electron chi connectivity index (χ4n) is 4.12. The number of rotatable bonds is 6. The molecule has 0 saturated heterocycles. The van der Waals surface area contributed by atoms with Gasteiger partial charge in [0, 0.05) is 5.41 Å². The van der Waals surface area contributed by atoms with Crippen molar-refractivity contribution in [1.29, 1.82) is 0 Å². The number of fused-ring (bicyclic) bond motifs is 3. The number of benzene rings is 1. The van der Waals surface area contributed by atoms with Crippen LogP contribution >= 0.6 is 0 Å². The maximum atomic E-state index is 12.2. The van der Waals surface area contributed by atoms with Gasteiger partial charge in [0.2, 0.25) is 0 Å². The molecule has 0 radical (unpaired) electrons. The Labute approximate surface area is 176 Å². The number of hydrogen-bond donors (Lipinski definition) is 1. The summed E-state index contributed by atoms with van der Waals surface area (Å²) in [5, 5.41) is 2.53. The molecular formula is C23H33NO5. The maximum absolute atomic E-state index is 12.2. The number of ether oxygens (including phenoxy) is 3. The summed E-state index contributed by atoms with van der Waals surface area (Å²) in [5.41, 5.74) is -0.652. The summed E-state index contributed by atoms with van der Waals surface area (Å²) in [6.07, 6.45) is 5.04. The lowest BCUT2D eigenvalue weighted by Gasteiger charge is -2.46. The summed E-state index contributed by atoms with van der Waals surface area (Å²) >= 11 is 0. The van der Waals surface area contributed by atoms with E-state index in [1.807, 2.05) is 0 Å². The zero-order chi connectivity index (χ0) is 22.9. The van der Waals surface area contributed by atoms with Crippen LogP contribution in [0.25, 0.3) is 0 Å². The van der Waals surface area contributed by atoms with Crippen molar-refractivity contribution in [3.05, 3.63) is 29.8 Å². The number of nitrogens with one attached hydrogen (secondary N) is 1. The third-order valence-corrected chi connectivity index (χ3v) is 5.79. The lowest BCUT2D eigenvalue weighted by molar-refractivity contribution is -0.143. The van der Waals surface area contributed by atoms with Crippen LogP contribution in [0.1, 0.15) is 73.6 Å². The van der Waals surface area contributed by atoms with E-state index in [0.717, 1.165) is 44.4 Å². The lowest BCUT2D eigenvalue weighted by Crippen LogP contribution is -2.38. The van der Waals surface area contributed by atoms with Gasteiger partial charge in [-0.05, 0) is 82.9 Å². The van der Waals surface area contributed by atoms with Gasteiger partial charge >= 0.3 is 12.1 Å². The van der Waals surface area contributed by atoms with E-state index in [4.69, 9.17) is 17.0 Å². The second kappa shape index (κ2) is 8.64. The Hall–Kier alpha value is -2.24. The summed E-state index contributed by atoms with van der Waals surface area (Å²) in [6, 6.07) is 5.44. The molecule has 1 aromatic carbocycles. The number of carbonyl (C=O) groups excluding carboxylic acids is 2. The van der Waals surface area contributed by atoms with Crippen molar-refractivity contribution in [2.75, 3.05) is 13.7 Å². The molecule has 0 aliphatic heterocycles. The first-order chi connectivity index (χ1) is 14.4. The van der Waals surface area contributed by atoms with Crippen LogP contribution in [0.2, 0.25) is 0 Å². The zero-order valence-electron chi connectivity index (χ0n) is 19.7. The van der Waals surface area contributed by atoms with E-state index in [9.17, 15) is 9.59 Å². The van der Waals surface area contributed by atoms with Gasteiger partial charge < -0.3 is 19.5 Å².